The fourth-order valence-electron chi connectivity index (χ4n) is 0.849. The zero-order valence-electron chi connectivity index (χ0n) is 7.46. The molecule has 0 aromatic carbocycles. The molecule has 3 nitrogen and oxygen atoms in total. The molecule has 0 N–H and O–H groups in total. The van der Waals surface area contributed by atoms with E-state index in [1.165, 1.54) is 6.26 Å². The predicted molar refractivity (Wildman–Crippen MR) is 44.0 cm³/mol. The maximum atomic E-state index is 11.2. The number of carbonyl (C=O) groups excluding carboxylic acids is 1. The van der Waals surface area contributed by atoms with Gasteiger partial charge in [0.15, 0.2) is 0 Å². The van der Waals surface area contributed by atoms with E-state index in [0.717, 1.165) is 5.56 Å². The Morgan fingerprint density at radius 2 is 2.25 bits per heavy atom. The molecule has 0 atom stereocenters. The third-order valence-corrected chi connectivity index (χ3v) is 1.39. The number of furan rings is 1. The quantitative estimate of drug-likeness (QED) is 0.635. The molecule has 0 amide bonds. The molecule has 0 aliphatic rings. The number of aryl methyl sites for hydroxylation is 1. The highest BCUT2D eigenvalue weighted by Gasteiger charge is 2.14. The number of carbonyl (C=O) groups is 1. The first-order chi connectivity index (χ1) is 5.61. The fourth-order valence-corrected chi connectivity index (χ4v) is 0.849. The summed E-state index contributed by atoms with van der Waals surface area (Å²) in [4.78, 5) is 11.2. The summed E-state index contributed by atoms with van der Waals surface area (Å²) in [6, 6.07) is 1.73. The van der Waals surface area contributed by atoms with Crippen LogP contribution in [0.1, 0.15) is 30.0 Å². The smallest absolute Gasteiger partial charge is 0.374 e. The van der Waals surface area contributed by atoms with Gasteiger partial charge in [-0.1, -0.05) is 0 Å². The third-order valence-electron chi connectivity index (χ3n) is 1.39. The number of rotatable bonds is 2. The zero-order valence-corrected chi connectivity index (χ0v) is 7.46. The standard InChI is InChI=1S/C9H12O3/c1-6(2)12-9(10)8-7(3)4-5-11-8/h4-6H,1-3H3. The van der Waals surface area contributed by atoms with Gasteiger partial charge in [0.2, 0.25) is 5.76 Å². The molecule has 0 fully saturated rings. The Labute approximate surface area is 71.3 Å². The first-order valence-electron chi connectivity index (χ1n) is 3.86. The van der Waals surface area contributed by atoms with Crippen LogP contribution in [0.25, 0.3) is 0 Å². The van der Waals surface area contributed by atoms with Gasteiger partial charge in [-0.15, -0.1) is 0 Å². The van der Waals surface area contributed by atoms with Crippen LogP contribution in [0.15, 0.2) is 16.7 Å². The summed E-state index contributed by atoms with van der Waals surface area (Å²) in [7, 11) is 0. The van der Waals surface area contributed by atoms with Crippen LogP contribution in [0.4, 0.5) is 0 Å². The zero-order chi connectivity index (χ0) is 9.14. The van der Waals surface area contributed by atoms with Crippen molar-refractivity contribution in [2.45, 2.75) is 26.9 Å². The number of esters is 1. The fraction of sp³-hybridized carbons (Fsp3) is 0.444. The van der Waals surface area contributed by atoms with Crippen LogP contribution in [-0.2, 0) is 4.74 Å². The number of hydrogen-bond donors (Lipinski definition) is 0. The molecular formula is C9H12O3. The van der Waals surface area contributed by atoms with Gasteiger partial charge in [0, 0.05) is 5.56 Å². The highest BCUT2D eigenvalue weighted by atomic mass is 16.6. The second-order valence-electron chi connectivity index (χ2n) is 2.89. The van der Waals surface area contributed by atoms with E-state index in [9.17, 15) is 4.79 Å². The van der Waals surface area contributed by atoms with E-state index >= 15 is 0 Å². The third kappa shape index (κ3) is 1.87. The average Bonchev–Trinajstić information content (AvgIpc) is 2.33. The molecule has 0 saturated carbocycles. The molecule has 0 unspecified atom stereocenters. The van der Waals surface area contributed by atoms with E-state index in [1.807, 2.05) is 0 Å². The van der Waals surface area contributed by atoms with Crippen LogP contribution in [0.5, 0.6) is 0 Å². The molecule has 0 spiro atoms. The van der Waals surface area contributed by atoms with Gasteiger partial charge in [0.25, 0.3) is 0 Å². The minimum atomic E-state index is -0.396. The predicted octanol–water partition coefficient (Wildman–Crippen LogP) is 2.15. The van der Waals surface area contributed by atoms with Gasteiger partial charge < -0.3 is 9.15 Å². The van der Waals surface area contributed by atoms with Gasteiger partial charge in [-0.05, 0) is 26.8 Å². The normalized spacial score (nSPS) is 10.3. The lowest BCUT2D eigenvalue weighted by molar-refractivity contribution is 0.0340. The van der Waals surface area contributed by atoms with E-state index in [0.29, 0.717) is 5.76 Å². The van der Waals surface area contributed by atoms with Gasteiger partial charge in [0.05, 0.1) is 12.4 Å². The van der Waals surface area contributed by atoms with Crippen molar-refractivity contribution in [3.8, 4) is 0 Å². The Morgan fingerprint density at radius 3 is 2.67 bits per heavy atom. The lowest BCUT2D eigenvalue weighted by Gasteiger charge is -2.05. The van der Waals surface area contributed by atoms with Crippen LogP contribution in [-0.4, -0.2) is 12.1 Å². The molecule has 1 aromatic heterocycles. The molecule has 0 saturated heterocycles. The number of ether oxygens (including phenoxy) is 1. The minimum Gasteiger partial charge on any atom is -0.457 e. The van der Waals surface area contributed by atoms with E-state index in [4.69, 9.17) is 9.15 Å². The Hall–Kier alpha value is -1.25. The van der Waals surface area contributed by atoms with Crippen molar-refractivity contribution in [1.82, 2.24) is 0 Å². The lowest BCUT2D eigenvalue weighted by Crippen LogP contribution is -2.11. The van der Waals surface area contributed by atoms with E-state index in [1.54, 1.807) is 26.8 Å². The van der Waals surface area contributed by atoms with Gasteiger partial charge in [0.1, 0.15) is 0 Å². The first kappa shape index (κ1) is 8.84. The molecule has 0 aliphatic heterocycles. The minimum absolute atomic E-state index is 0.109. The Balaban J connectivity index is 2.72. The van der Waals surface area contributed by atoms with Crippen molar-refractivity contribution in [3.05, 3.63) is 23.7 Å². The summed E-state index contributed by atoms with van der Waals surface area (Å²) < 4.78 is 9.90. The average molecular weight is 168 g/mol. The Kier molecular flexibility index (Phi) is 2.53. The van der Waals surface area contributed by atoms with Crippen LogP contribution in [0.3, 0.4) is 0 Å². The SMILES string of the molecule is Cc1ccoc1C(=O)OC(C)C. The van der Waals surface area contributed by atoms with Crippen LogP contribution >= 0.6 is 0 Å². The van der Waals surface area contributed by atoms with E-state index in [-0.39, 0.29) is 6.10 Å². The molecule has 1 rings (SSSR count). The second-order valence-corrected chi connectivity index (χ2v) is 2.89. The first-order valence-corrected chi connectivity index (χ1v) is 3.86. The molecule has 3 heteroatoms. The van der Waals surface area contributed by atoms with E-state index < -0.39 is 5.97 Å². The molecule has 0 aliphatic carbocycles. The molecule has 66 valence electrons. The van der Waals surface area contributed by atoms with Crippen molar-refractivity contribution >= 4 is 5.97 Å². The summed E-state index contributed by atoms with van der Waals surface area (Å²) in [6.45, 7) is 5.41. The van der Waals surface area contributed by atoms with Gasteiger partial charge in [-0.2, -0.15) is 0 Å². The van der Waals surface area contributed by atoms with Gasteiger partial charge in [-0.3, -0.25) is 0 Å². The molecule has 1 aromatic rings. The lowest BCUT2D eigenvalue weighted by atomic mass is 10.3. The van der Waals surface area contributed by atoms with Gasteiger partial charge in [-0.25, -0.2) is 4.79 Å². The highest BCUT2D eigenvalue weighted by molar-refractivity contribution is 5.87. The summed E-state index contributed by atoms with van der Waals surface area (Å²) in [5.41, 5.74) is 0.806. The summed E-state index contributed by atoms with van der Waals surface area (Å²) in [6.07, 6.45) is 1.37. The summed E-state index contributed by atoms with van der Waals surface area (Å²) in [5.74, 6) is -0.101. The van der Waals surface area contributed by atoms with Crippen molar-refractivity contribution in [1.29, 1.82) is 0 Å². The molecule has 1 heterocycles. The maximum Gasteiger partial charge on any atom is 0.374 e. The van der Waals surface area contributed by atoms with Crippen molar-refractivity contribution in [3.63, 3.8) is 0 Å². The Bertz CT molecular complexity index is 273. The van der Waals surface area contributed by atoms with Crippen LogP contribution in [0, 0.1) is 6.92 Å². The second kappa shape index (κ2) is 3.43. The van der Waals surface area contributed by atoms with Crippen molar-refractivity contribution in [2.75, 3.05) is 0 Å². The molecule has 12 heavy (non-hydrogen) atoms. The molecule has 0 radical (unpaired) electrons. The molecule has 0 bridgehead atoms. The van der Waals surface area contributed by atoms with Crippen molar-refractivity contribution < 1.29 is 13.9 Å². The largest absolute Gasteiger partial charge is 0.457 e. The topological polar surface area (TPSA) is 39.4 Å². The highest BCUT2D eigenvalue weighted by Crippen LogP contribution is 2.10. The van der Waals surface area contributed by atoms with Gasteiger partial charge >= 0.3 is 5.97 Å². The monoisotopic (exact) mass is 168 g/mol. The van der Waals surface area contributed by atoms with E-state index in [2.05, 4.69) is 0 Å². The summed E-state index contributed by atoms with van der Waals surface area (Å²) >= 11 is 0. The maximum absolute atomic E-state index is 11.2. The molecular weight excluding hydrogens is 156 g/mol. The van der Waals surface area contributed by atoms with Crippen LogP contribution < -0.4 is 0 Å². The summed E-state index contributed by atoms with van der Waals surface area (Å²) in [5, 5.41) is 0. The van der Waals surface area contributed by atoms with Crippen molar-refractivity contribution in [2.24, 2.45) is 0 Å². The Morgan fingerprint density at radius 1 is 1.58 bits per heavy atom. The van der Waals surface area contributed by atoms with Crippen LogP contribution in [0.2, 0.25) is 0 Å². The number of hydrogen-bond acceptors (Lipinski definition) is 3.